The summed E-state index contributed by atoms with van der Waals surface area (Å²) in [6.45, 7) is 7.91. The molecule has 1 aliphatic rings. The normalized spacial score (nSPS) is 14.4. The molecule has 35 heavy (non-hydrogen) atoms. The molecular weight excluding hydrogens is 466 g/mol. The Balaban J connectivity index is 0.00000289. The summed E-state index contributed by atoms with van der Waals surface area (Å²) in [5, 5.41) is 15.5. The third kappa shape index (κ3) is 5.31. The number of hydrogen-bond acceptors (Lipinski definition) is 6. The maximum Gasteiger partial charge on any atom is 0.309 e. The molecule has 0 unspecified atom stereocenters. The first-order chi connectivity index (χ1) is 16.3. The first-order valence-electron chi connectivity index (χ1n) is 11.4. The minimum atomic E-state index is -0.722. The number of halogens is 1. The van der Waals surface area contributed by atoms with Crippen molar-refractivity contribution in [3.05, 3.63) is 66.2 Å². The molecule has 0 radical (unpaired) electrons. The summed E-state index contributed by atoms with van der Waals surface area (Å²) in [5.41, 5.74) is 2.61. The van der Waals surface area contributed by atoms with Crippen LogP contribution < -0.4 is 4.74 Å². The number of aromatic nitrogens is 2. The number of carbonyl (C=O) groups is 1. The van der Waals surface area contributed by atoms with Crippen molar-refractivity contribution in [2.24, 2.45) is 5.92 Å². The smallest absolute Gasteiger partial charge is 0.309 e. The summed E-state index contributed by atoms with van der Waals surface area (Å²) >= 11 is 0. The van der Waals surface area contributed by atoms with E-state index in [4.69, 9.17) is 14.4 Å². The molecule has 4 aromatic rings. The van der Waals surface area contributed by atoms with E-state index in [0.717, 1.165) is 33.2 Å². The van der Waals surface area contributed by atoms with E-state index in [0.29, 0.717) is 31.3 Å². The third-order valence-electron chi connectivity index (χ3n) is 5.91. The SMILES string of the molecule is CC(C)(C)Oc1ccc(-c2nc(-c3ccc(CN4CC(C(=O)O)C4)c4ccccc34)no2)cc1.Cl. The Kier molecular flexibility index (Phi) is 6.83. The average Bonchev–Trinajstić information content (AvgIpc) is 3.25. The van der Waals surface area contributed by atoms with Gasteiger partial charge in [-0.1, -0.05) is 41.6 Å². The maximum atomic E-state index is 11.1. The summed E-state index contributed by atoms with van der Waals surface area (Å²) in [6, 6.07) is 19.9. The number of ether oxygens (including phenoxy) is 1. The van der Waals surface area contributed by atoms with Crippen LogP contribution in [0.4, 0.5) is 0 Å². The van der Waals surface area contributed by atoms with Crippen molar-refractivity contribution in [2.75, 3.05) is 13.1 Å². The zero-order valence-corrected chi connectivity index (χ0v) is 20.7. The van der Waals surface area contributed by atoms with Crippen LogP contribution in [-0.4, -0.2) is 44.8 Å². The van der Waals surface area contributed by atoms with Gasteiger partial charge in [0.1, 0.15) is 11.4 Å². The first-order valence-corrected chi connectivity index (χ1v) is 11.4. The van der Waals surface area contributed by atoms with Gasteiger partial charge in [0.25, 0.3) is 5.89 Å². The number of likely N-dealkylation sites (tertiary alicyclic amines) is 1. The van der Waals surface area contributed by atoms with Crippen LogP contribution in [0.25, 0.3) is 33.6 Å². The molecule has 0 aliphatic carbocycles. The summed E-state index contributed by atoms with van der Waals surface area (Å²) in [5.74, 6) is 0.779. The Morgan fingerprint density at radius 3 is 2.40 bits per heavy atom. The van der Waals surface area contributed by atoms with Crippen molar-refractivity contribution < 1.29 is 19.2 Å². The second kappa shape index (κ2) is 9.68. The van der Waals surface area contributed by atoms with Crippen molar-refractivity contribution in [1.82, 2.24) is 15.0 Å². The van der Waals surface area contributed by atoms with E-state index < -0.39 is 5.97 Å². The van der Waals surface area contributed by atoms with Crippen LogP contribution in [0.3, 0.4) is 0 Å². The van der Waals surface area contributed by atoms with Crippen LogP contribution in [0.15, 0.2) is 65.2 Å². The lowest BCUT2D eigenvalue weighted by Crippen LogP contribution is -2.49. The Morgan fingerprint density at radius 1 is 1.06 bits per heavy atom. The summed E-state index contributed by atoms with van der Waals surface area (Å²) in [7, 11) is 0. The highest BCUT2D eigenvalue weighted by atomic mass is 35.5. The largest absolute Gasteiger partial charge is 0.488 e. The van der Waals surface area contributed by atoms with Gasteiger partial charge < -0.3 is 14.4 Å². The number of rotatable bonds is 6. The predicted octanol–water partition coefficient (Wildman–Crippen LogP) is 5.67. The second-order valence-electron chi connectivity index (χ2n) is 9.71. The first kappa shape index (κ1) is 24.7. The minimum absolute atomic E-state index is 0. The molecule has 0 bridgehead atoms. The van der Waals surface area contributed by atoms with E-state index >= 15 is 0 Å². The van der Waals surface area contributed by atoms with Gasteiger partial charge >= 0.3 is 5.97 Å². The standard InChI is InChI=1S/C27H27N3O4.ClH/c1-27(2,3)33-20-11-8-17(9-12-20)25-28-24(29-34-25)23-13-10-18(21-6-4-5-7-22(21)23)14-30-15-19(16-30)26(31)32;/h4-13,19H,14-16H2,1-3H3,(H,31,32);1H. The Bertz CT molecular complexity index is 1340. The van der Waals surface area contributed by atoms with Crippen molar-refractivity contribution in [3.63, 3.8) is 0 Å². The molecule has 182 valence electrons. The van der Waals surface area contributed by atoms with Gasteiger partial charge in [0.15, 0.2) is 0 Å². The molecule has 2 heterocycles. The van der Waals surface area contributed by atoms with Gasteiger partial charge in [0, 0.05) is 30.8 Å². The monoisotopic (exact) mass is 493 g/mol. The molecule has 8 heteroatoms. The molecular formula is C27H28ClN3O4. The van der Waals surface area contributed by atoms with Crippen molar-refractivity contribution in [3.8, 4) is 28.6 Å². The number of nitrogens with zero attached hydrogens (tertiary/aromatic N) is 3. The van der Waals surface area contributed by atoms with Crippen LogP contribution in [-0.2, 0) is 11.3 Å². The Labute approximate surface area is 210 Å². The molecule has 1 N–H and O–H groups in total. The third-order valence-corrected chi connectivity index (χ3v) is 5.91. The van der Waals surface area contributed by atoms with Crippen LogP contribution in [0.1, 0.15) is 26.3 Å². The molecule has 0 atom stereocenters. The van der Waals surface area contributed by atoms with E-state index in [1.165, 1.54) is 0 Å². The molecule has 1 fully saturated rings. The number of fused-ring (bicyclic) bond motifs is 1. The van der Waals surface area contributed by atoms with Crippen molar-refractivity contribution in [2.45, 2.75) is 32.9 Å². The van der Waals surface area contributed by atoms with Crippen LogP contribution >= 0.6 is 12.4 Å². The predicted molar refractivity (Wildman–Crippen MR) is 137 cm³/mol. The van der Waals surface area contributed by atoms with Crippen molar-refractivity contribution in [1.29, 1.82) is 0 Å². The molecule has 7 nitrogen and oxygen atoms in total. The van der Waals surface area contributed by atoms with E-state index in [9.17, 15) is 4.79 Å². The number of hydrogen-bond donors (Lipinski definition) is 1. The van der Waals surface area contributed by atoms with Crippen molar-refractivity contribution >= 4 is 29.1 Å². The number of aliphatic carboxylic acids is 1. The summed E-state index contributed by atoms with van der Waals surface area (Å²) in [6.07, 6.45) is 0. The lowest BCUT2D eigenvalue weighted by Gasteiger charge is -2.36. The molecule has 5 rings (SSSR count). The molecule has 1 aliphatic heterocycles. The Morgan fingerprint density at radius 2 is 1.74 bits per heavy atom. The summed E-state index contributed by atoms with van der Waals surface area (Å²) < 4.78 is 11.5. The topological polar surface area (TPSA) is 88.7 Å². The highest BCUT2D eigenvalue weighted by molar-refractivity contribution is 5.97. The fourth-order valence-electron chi connectivity index (χ4n) is 4.26. The average molecular weight is 494 g/mol. The molecule has 1 saturated heterocycles. The molecule has 0 spiro atoms. The molecule has 3 aromatic carbocycles. The van der Waals surface area contributed by atoms with Crippen LogP contribution in [0, 0.1) is 5.92 Å². The summed E-state index contributed by atoms with van der Waals surface area (Å²) in [4.78, 5) is 17.9. The maximum absolute atomic E-state index is 11.1. The number of benzene rings is 3. The van der Waals surface area contributed by atoms with Gasteiger partial charge in [-0.05, 0) is 61.4 Å². The van der Waals surface area contributed by atoms with Gasteiger partial charge in [-0.25, -0.2) is 0 Å². The molecule has 0 amide bonds. The van der Waals surface area contributed by atoms with Gasteiger partial charge in [0.2, 0.25) is 5.82 Å². The van der Waals surface area contributed by atoms with Crippen LogP contribution in [0.5, 0.6) is 5.75 Å². The van der Waals surface area contributed by atoms with Gasteiger partial charge in [0.05, 0.1) is 5.92 Å². The van der Waals surface area contributed by atoms with Crippen LogP contribution in [0.2, 0.25) is 0 Å². The fraction of sp³-hybridized carbons (Fsp3) is 0.296. The number of carboxylic acid groups (broad SMARTS) is 1. The Hall–Kier alpha value is -3.42. The molecule has 0 saturated carbocycles. The quantitative estimate of drug-likeness (QED) is 0.370. The fourth-order valence-corrected chi connectivity index (χ4v) is 4.26. The lowest BCUT2D eigenvalue weighted by molar-refractivity contribution is -0.147. The van der Waals surface area contributed by atoms with E-state index in [1.54, 1.807) is 0 Å². The minimum Gasteiger partial charge on any atom is -0.488 e. The van der Waals surface area contributed by atoms with E-state index in [2.05, 4.69) is 33.2 Å². The van der Waals surface area contributed by atoms with Gasteiger partial charge in [-0.2, -0.15) is 4.98 Å². The second-order valence-corrected chi connectivity index (χ2v) is 9.71. The zero-order chi connectivity index (χ0) is 23.9. The zero-order valence-electron chi connectivity index (χ0n) is 19.9. The highest BCUT2D eigenvalue weighted by Crippen LogP contribution is 2.32. The van der Waals surface area contributed by atoms with E-state index in [1.807, 2.05) is 63.2 Å². The van der Waals surface area contributed by atoms with E-state index in [-0.39, 0.29) is 23.9 Å². The molecule has 1 aromatic heterocycles. The highest BCUT2D eigenvalue weighted by Gasteiger charge is 2.32. The number of carboxylic acids is 1. The van der Waals surface area contributed by atoms with Gasteiger partial charge in [-0.15, -0.1) is 12.4 Å². The lowest BCUT2D eigenvalue weighted by atomic mass is 9.95. The van der Waals surface area contributed by atoms with Gasteiger partial charge in [-0.3, -0.25) is 9.69 Å².